The number of amides is 1. The summed E-state index contributed by atoms with van der Waals surface area (Å²) in [5.41, 5.74) is 0.854. The molecular formula is C18H11Br2N3O6S. The molecule has 1 aliphatic rings. The molecule has 154 valence electrons. The summed E-state index contributed by atoms with van der Waals surface area (Å²) < 4.78 is 6.39. The summed E-state index contributed by atoms with van der Waals surface area (Å²) in [6.07, 6.45) is 1.57. The maximum Gasteiger partial charge on any atom is 0.341 e. The number of amidine groups is 1. The van der Waals surface area contributed by atoms with E-state index in [0.29, 0.717) is 36.0 Å². The lowest BCUT2D eigenvalue weighted by Gasteiger charge is -2.08. The van der Waals surface area contributed by atoms with Crippen LogP contribution in [0.2, 0.25) is 0 Å². The van der Waals surface area contributed by atoms with E-state index in [2.05, 4.69) is 42.2 Å². The maximum absolute atomic E-state index is 12.3. The summed E-state index contributed by atoms with van der Waals surface area (Å²) >= 11 is 7.61. The van der Waals surface area contributed by atoms with Crippen LogP contribution in [-0.2, 0) is 9.59 Å². The van der Waals surface area contributed by atoms with Crippen molar-refractivity contribution in [2.24, 2.45) is 4.99 Å². The number of non-ortho nitro benzene ring substituents is 1. The van der Waals surface area contributed by atoms with Crippen LogP contribution in [0.15, 0.2) is 55.2 Å². The molecule has 2 aromatic rings. The summed E-state index contributed by atoms with van der Waals surface area (Å²) in [5, 5.41) is 22.6. The Morgan fingerprint density at radius 1 is 1.30 bits per heavy atom. The second-order valence-corrected chi connectivity index (χ2v) is 8.54. The fraction of sp³-hybridized carbons (Fsp3) is 0.0556. The number of nitro benzene ring substituents is 1. The third kappa shape index (κ3) is 5.46. The van der Waals surface area contributed by atoms with E-state index in [1.54, 1.807) is 24.3 Å². The van der Waals surface area contributed by atoms with Crippen molar-refractivity contribution in [3.63, 3.8) is 0 Å². The molecule has 12 heteroatoms. The molecule has 1 fully saturated rings. The minimum absolute atomic E-state index is 0.0846. The van der Waals surface area contributed by atoms with Crippen LogP contribution in [0.5, 0.6) is 5.75 Å². The van der Waals surface area contributed by atoms with Gasteiger partial charge < -0.3 is 15.2 Å². The van der Waals surface area contributed by atoms with Gasteiger partial charge in [0.05, 0.1) is 20.0 Å². The van der Waals surface area contributed by atoms with Crippen LogP contribution in [0, 0.1) is 10.1 Å². The molecule has 1 heterocycles. The molecule has 2 aromatic carbocycles. The highest BCUT2D eigenvalue weighted by Gasteiger charge is 2.25. The minimum Gasteiger partial charge on any atom is -0.481 e. The SMILES string of the molecule is O=C(O)COc1cc(Br)ccc1/C=C1/SC(=Nc2ccc([N+](=O)[O-])cc2Br)NC1=O. The third-order valence-corrected chi connectivity index (χ3v) is 5.67. The number of ether oxygens (including phenoxy) is 1. The monoisotopic (exact) mass is 555 g/mol. The number of carboxylic acid groups (broad SMARTS) is 1. The molecule has 3 rings (SSSR count). The lowest BCUT2D eigenvalue weighted by molar-refractivity contribution is -0.384. The quantitative estimate of drug-likeness (QED) is 0.305. The van der Waals surface area contributed by atoms with Gasteiger partial charge in [-0.05, 0) is 52.0 Å². The number of nitrogens with one attached hydrogen (secondary N) is 1. The Labute approximate surface area is 190 Å². The Kier molecular flexibility index (Phi) is 6.90. The van der Waals surface area contributed by atoms with Gasteiger partial charge in [0.25, 0.3) is 11.6 Å². The fourth-order valence-corrected chi connectivity index (χ4v) is 3.94. The van der Waals surface area contributed by atoms with E-state index in [-0.39, 0.29) is 11.6 Å². The van der Waals surface area contributed by atoms with Crippen molar-refractivity contribution in [2.45, 2.75) is 0 Å². The zero-order valence-electron chi connectivity index (χ0n) is 14.8. The van der Waals surface area contributed by atoms with E-state index in [4.69, 9.17) is 9.84 Å². The second-order valence-electron chi connectivity index (χ2n) is 5.74. The summed E-state index contributed by atoms with van der Waals surface area (Å²) in [4.78, 5) is 38.1. The average Bonchev–Trinajstić information content (AvgIpc) is 3.02. The van der Waals surface area contributed by atoms with Crippen LogP contribution >= 0.6 is 43.6 Å². The highest BCUT2D eigenvalue weighted by molar-refractivity contribution is 9.10. The standard InChI is InChI=1S/C18H11Br2N3O6S/c19-10-2-1-9(14(6-10)29-8-16(24)25)5-15-17(26)22-18(30-15)21-13-4-3-11(23(27)28)7-12(13)20/h1-7H,8H2,(H,24,25)(H,21,22,26)/b15-5+. The number of carbonyl (C=O) groups excluding carboxylic acids is 1. The molecule has 0 bridgehead atoms. The molecule has 0 spiro atoms. The van der Waals surface area contributed by atoms with Gasteiger partial charge in [0, 0.05) is 22.2 Å². The van der Waals surface area contributed by atoms with Crippen LogP contribution in [0.25, 0.3) is 6.08 Å². The number of halogens is 2. The first-order valence-electron chi connectivity index (χ1n) is 8.10. The van der Waals surface area contributed by atoms with Gasteiger partial charge in [-0.15, -0.1) is 0 Å². The molecule has 30 heavy (non-hydrogen) atoms. The third-order valence-electron chi connectivity index (χ3n) is 3.63. The van der Waals surface area contributed by atoms with Crippen molar-refractivity contribution >= 4 is 78.1 Å². The summed E-state index contributed by atoms with van der Waals surface area (Å²) in [7, 11) is 0. The molecule has 1 amide bonds. The fourth-order valence-electron chi connectivity index (χ4n) is 2.32. The zero-order valence-corrected chi connectivity index (χ0v) is 18.8. The van der Waals surface area contributed by atoms with E-state index >= 15 is 0 Å². The number of carbonyl (C=O) groups is 2. The lowest BCUT2D eigenvalue weighted by Crippen LogP contribution is -2.19. The highest BCUT2D eigenvalue weighted by atomic mass is 79.9. The second kappa shape index (κ2) is 9.41. The van der Waals surface area contributed by atoms with E-state index < -0.39 is 17.5 Å². The van der Waals surface area contributed by atoms with E-state index in [9.17, 15) is 19.7 Å². The number of hydrogen-bond donors (Lipinski definition) is 2. The topological polar surface area (TPSA) is 131 Å². The number of aliphatic imine (C=N–C) groups is 1. The van der Waals surface area contributed by atoms with Gasteiger partial charge >= 0.3 is 5.97 Å². The van der Waals surface area contributed by atoms with Gasteiger partial charge in [-0.2, -0.15) is 0 Å². The summed E-state index contributed by atoms with van der Waals surface area (Å²) in [6.45, 7) is -0.521. The van der Waals surface area contributed by atoms with Crippen LogP contribution < -0.4 is 10.1 Å². The Hall–Kier alpha value is -2.70. The number of benzene rings is 2. The van der Waals surface area contributed by atoms with Crippen molar-refractivity contribution in [1.29, 1.82) is 0 Å². The van der Waals surface area contributed by atoms with Crippen LogP contribution in [-0.4, -0.2) is 33.7 Å². The molecule has 9 nitrogen and oxygen atoms in total. The number of hydrogen-bond acceptors (Lipinski definition) is 7. The van der Waals surface area contributed by atoms with Crippen molar-refractivity contribution in [1.82, 2.24) is 5.32 Å². The zero-order chi connectivity index (χ0) is 21.8. The molecule has 0 unspecified atom stereocenters. The van der Waals surface area contributed by atoms with E-state index in [0.717, 1.165) is 11.8 Å². The smallest absolute Gasteiger partial charge is 0.341 e. The van der Waals surface area contributed by atoms with E-state index in [1.165, 1.54) is 18.2 Å². The van der Waals surface area contributed by atoms with Gasteiger partial charge in [0.1, 0.15) is 5.75 Å². The molecule has 0 aliphatic carbocycles. The molecule has 0 saturated carbocycles. The van der Waals surface area contributed by atoms with Gasteiger partial charge in [0.2, 0.25) is 0 Å². The van der Waals surface area contributed by atoms with Crippen molar-refractivity contribution in [3.05, 3.63) is 65.9 Å². The Balaban J connectivity index is 1.86. The molecule has 2 N–H and O–H groups in total. The molecule has 0 atom stereocenters. The number of nitrogens with zero attached hydrogens (tertiary/aromatic N) is 2. The van der Waals surface area contributed by atoms with Crippen LogP contribution in [0.4, 0.5) is 11.4 Å². The molecule has 1 aliphatic heterocycles. The molecule has 0 aromatic heterocycles. The van der Waals surface area contributed by atoms with Gasteiger partial charge in [0.15, 0.2) is 11.8 Å². The van der Waals surface area contributed by atoms with Crippen molar-refractivity contribution in [3.8, 4) is 5.75 Å². The number of nitro groups is 1. The summed E-state index contributed by atoms with van der Waals surface area (Å²) in [5.74, 6) is -1.20. The maximum atomic E-state index is 12.3. The highest BCUT2D eigenvalue weighted by Crippen LogP contribution is 2.34. The Bertz CT molecular complexity index is 1120. The number of rotatable bonds is 6. The van der Waals surface area contributed by atoms with Crippen molar-refractivity contribution in [2.75, 3.05) is 6.61 Å². The normalized spacial score (nSPS) is 16.0. The first-order chi connectivity index (χ1) is 14.2. The van der Waals surface area contributed by atoms with Gasteiger partial charge in [-0.3, -0.25) is 14.9 Å². The van der Waals surface area contributed by atoms with Crippen LogP contribution in [0.3, 0.4) is 0 Å². The van der Waals surface area contributed by atoms with Gasteiger partial charge in [-0.1, -0.05) is 22.0 Å². The first kappa shape index (κ1) is 22.0. The number of thioether (sulfide) groups is 1. The average molecular weight is 557 g/mol. The summed E-state index contributed by atoms with van der Waals surface area (Å²) in [6, 6.07) is 9.14. The number of carboxylic acids is 1. The van der Waals surface area contributed by atoms with Gasteiger partial charge in [-0.25, -0.2) is 9.79 Å². The molecule has 0 radical (unpaired) electrons. The predicted octanol–water partition coefficient (Wildman–Crippen LogP) is 4.47. The lowest BCUT2D eigenvalue weighted by atomic mass is 10.2. The molecular weight excluding hydrogens is 546 g/mol. The predicted molar refractivity (Wildman–Crippen MR) is 119 cm³/mol. The van der Waals surface area contributed by atoms with E-state index in [1.807, 2.05) is 0 Å². The number of aliphatic carboxylic acids is 1. The Morgan fingerprint density at radius 2 is 2.07 bits per heavy atom. The van der Waals surface area contributed by atoms with Crippen LogP contribution in [0.1, 0.15) is 5.56 Å². The first-order valence-corrected chi connectivity index (χ1v) is 10.5. The Morgan fingerprint density at radius 3 is 2.73 bits per heavy atom. The minimum atomic E-state index is -1.12. The molecule has 1 saturated heterocycles. The van der Waals surface area contributed by atoms with Crippen molar-refractivity contribution < 1.29 is 24.4 Å². The largest absolute Gasteiger partial charge is 0.481 e.